The number of hydrogen-bond acceptors (Lipinski definition) is 1. The molecule has 19 heavy (non-hydrogen) atoms. The first-order valence-corrected chi connectivity index (χ1v) is 7.16. The summed E-state index contributed by atoms with van der Waals surface area (Å²) in [7, 11) is 0. The summed E-state index contributed by atoms with van der Waals surface area (Å²) in [4.78, 5) is 12.5. The third-order valence-electron chi connectivity index (χ3n) is 3.65. The lowest BCUT2D eigenvalue weighted by molar-refractivity contribution is 0.104. The normalized spacial score (nSPS) is 13.4. The van der Waals surface area contributed by atoms with Crippen molar-refractivity contribution in [3.05, 3.63) is 57.6 Å². The van der Waals surface area contributed by atoms with Crippen molar-refractivity contribution in [2.24, 2.45) is 0 Å². The average molecular weight is 315 g/mol. The molecule has 0 aliphatic heterocycles. The van der Waals surface area contributed by atoms with Crippen LogP contribution in [-0.4, -0.2) is 5.78 Å². The van der Waals surface area contributed by atoms with Crippen LogP contribution in [0.5, 0.6) is 0 Å². The van der Waals surface area contributed by atoms with Crippen LogP contribution >= 0.6 is 15.9 Å². The van der Waals surface area contributed by atoms with Gasteiger partial charge in [-0.1, -0.05) is 54.9 Å². The Labute approximate surface area is 121 Å². The monoisotopic (exact) mass is 314 g/mol. The van der Waals surface area contributed by atoms with Gasteiger partial charge >= 0.3 is 0 Å². The number of carbonyl (C=O) groups is 1. The van der Waals surface area contributed by atoms with E-state index in [9.17, 15) is 4.79 Å². The van der Waals surface area contributed by atoms with Crippen molar-refractivity contribution in [1.29, 1.82) is 0 Å². The standard InChI is InChI=1S/C17H15BrO/c1-17(2,3)10-4-6-12-13-7-5-11(18)9-15(13)16(19)14(12)8-10/h4-9H,1-3H3. The van der Waals surface area contributed by atoms with Gasteiger partial charge in [0.15, 0.2) is 5.78 Å². The van der Waals surface area contributed by atoms with Crippen LogP contribution in [0.3, 0.4) is 0 Å². The van der Waals surface area contributed by atoms with Crippen LogP contribution in [0.15, 0.2) is 40.9 Å². The van der Waals surface area contributed by atoms with Gasteiger partial charge in [0.05, 0.1) is 0 Å². The Morgan fingerprint density at radius 3 is 2.05 bits per heavy atom. The predicted octanol–water partition coefficient (Wildman–Crippen LogP) is 4.96. The summed E-state index contributed by atoms with van der Waals surface area (Å²) in [5.41, 5.74) is 5.00. The third kappa shape index (κ3) is 1.95. The molecule has 1 aliphatic rings. The molecule has 0 saturated heterocycles. The van der Waals surface area contributed by atoms with Crippen molar-refractivity contribution in [3.63, 3.8) is 0 Å². The summed E-state index contributed by atoms with van der Waals surface area (Å²) < 4.78 is 0.948. The molecule has 2 aromatic carbocycles. The van der Waals surface area contributed by atoms with E-state index in [0.717, 1.165) is 26.7 Å². The van der Waals surface area contributed by atoms with Crippen molar-refractivity contribution in [2.45, 2.75) is 26.2 Å². The second-order valence-corrected chi connectivity index (χ2v) is 6.95. The maximum atomic E-state index is 12.5. The molecule has 0 atom stereocenters. The fraction of sp³-hybridized carbons (Fsp3) is 0.235. The van der Waals surface area contributed by atoms with Gasteiger partial charge in [-0.3, -0.25) is 4.79 Å². The summed E-state index contributed by atoms with van der Waals surface area (Å²) in [5.74, 6) is 0.136. The van der Waals surface area contributed by atoms with Crippen LogP contribution in [0.4, 0.5) is 0 Å². The van der Waals surface area contributed by atoms with Gasteiger partial charge in [-0.05, 0) is 40.3 Å². The predicted molar refractivity (Wildman–Crippen MR) is 81.7 cm³/mol. The van der Waals surface area contributed by atoms with E-state index in [1.54, 1.807) is 0 Å². The lowest BCUT2D eigenvalue weighted by Gasteiger charge is -2.19. The Bertz CT molecular complexity index is 693. The highest BCUT2D eigenvalue weighted by atomic mass is 79.9. The second kappa shape index (κ2) is 4.04. The third-order valence-corrected chi connectivity index (χ3v) is 4.14. The maximum Gasteiger partial charge on any atom is 0.194 e. The van der Waals surface area contributed by atoms with E-state index in [4.69, 9.17) is 0 Å². The number of halogens is 1. The molecule has 0 spiro atoms. The SMILES string of the molecule is CC(C)(C)c1ccc2c(c1)C(=O)c1cc(Br)ccc1-2. The fourth-order valence-corrected chi connectivity index (χ4v) is 2.88. The van der Waals surface area contributed by atoms with Crippen LogP contribution in [0, 0.1) is 0 Å². The van der Waals surface area contributed by atoms with E-state index < -0.39 is 0 Å². The molecule has 96 valence electrons. The van der Waals surface area contributed by atoms with Crippen molar-refractivity contribution < 1.29 is 4.79 Å². The van der Waals surface area contributed by atoms with E-state index in [1.165, 1.54) is 5.56 Å². The molecule has 0 unspecified atom stereocenters. The molecular weight excluding hydrogens is 300 g/mol. The van der Waals surface area contributed by atoms with Gasteiger partial charge < -0.3 is 0 Å². The highest BCUT2D eigenvalue weighted by molar-refractivity contribution is 9.10. The van der Waals surface area contributed by atoms with Gasteiger partial charge in [-0.15, -0.1) is 0 Å². The smallest absolute Gasteiger partial charge is 0.194 e. The quantitative estimate of drug-likeness (QED) is 0.573. The zero-order valence-corrected chi connectivity index (χ0v) is 12.8. The first-order valence-electron chi connectivity index (χ1n) is 6.37. The van der Waals surface area contributed by atoms with Crippen LogP contribution in [0.1, 0.15) is 42.3 Å². The highest BCUT2D eigenvalue weighted by Gasteiger charge is 2.28. The van der Waals surface area contributed by atoms with E-state index >= 15 is 0 Å². The minimum absolute atomic E-state index is 0.0602. The van der Waals surface area contributed by atoms with Gasteiger partial charge in [0.1, 0.15) is 0 Å². The molecule has 0 bridgehead atoms. The fourth-order valence-electron chi connectivity index (χ4n) is 2.52. The van der Waals surface area contributed by atoms with Crippen molar-refractivity contribution in [1.82, 2.24) is 0 Å². The maximum absolute atomic E-state index is 12.5. The average Bonchev–Trinajstić information content (AvgIpc) is 2.62. The summed E-state index contributed by atoms with van der Waals surface area (Å²) >= 11 is 3.43. The lowest BCUT2D eigenvalue weighted by atomic mass is 9.85. The molecule has 2 heteroatoms. The molecule has 1 aliphatic carbocycles. The first kappa shape index (κ1) is 12.6. The molecule has 1 nitrogen and oxygen atoms in total. The number of hydrogen-bond donors (Lipinski definition) is 0. The van der Waals surface area contributed by atoms with Gasteiger partial charge in [0, 0.05) is 15.6 Å². The number of fused-ring (bicyclic) bond motifs is 3. The van der Waals surface area contributed by atoms with Gasteiger partial charge in [-0.2, -0.15) is 0 Å². The first-order chi connectivity index (χ1) is 8.88. The molecule has 0 amide bonds. The highest BCUT2D eigenvalue weighted by Crippen LogP contribution is 2.39. The molecule has 0 radical (unpaired) electrons. The van der Waals surface area contributed by atoms with E-state index in [2.05, 4.69) is 48.8 Å². The van der Waals surface area contributed by atoms with E-state index in [-0.39, 0.29) is 11.2 Å². The summed E-state index contributed by atoms with van der Waals surface area (Å²) in [6, 6.07) is 12.2. The van der Waals surface area contributed by atoms with Gasteiger partial charge in [-0.25, -0.2) is 0 Å². The van der Waals surface area contributed by atoms with Crippen LogP contribution < -0.4 is 0 Å². The Hall–Kier alpha value is -1.41. The van der Waals surface area contributed by atoms with Crippen molar-refractivity contribution in [3.8, 4) is 11.1 Å². The summed E-state index contributed by atoms with van der Waals surface area (Å²) in [6.07, 6.45) is 0. The Kier molecular flexibility index (Phi) is 2.68. The molecule has 0 saturated carbocycles. The molecule has 0 fully saturated rings. The Morgan fingerprint density at radius 2 is 1.42 bits per heavy atom. The van der Waals surface area contributed by atoms with Crippen molar-refractivity contribution >= 4 is 21.7 Å². The number of benzene rings is 2. The minimum atomic E-state index is 0.0602. The van der Waals surface area contributed by atoms with Crippen LogP contribution in [-0.2, 0) is 5.41 Å². The van der Waals surface area contributed by atoms with E-state index in [1.807, 2.05) is 24.3 Å². The molecule has 0 aromatic heterocycles. The Morgan fingerprint density at radius 1 is 0.842 bits per heavy atom. The second-order valence-electron chi connectivity index (χ2n) is 6.03. The molecule has 0 N–H and O–H groups in total. The number of ketones is 1. The number of carbonyl (C=O) groups excluding carboxylic acids is 1. The topological polar surface area (TPSA) is 17.1 Å². The molecular formula is C17H15BrO. The van der Waals surface area contributed by atoms with Crippen molar-refractivity contribution in [2.75, 3.05) is 0 Å². The van der Waals surface area contributed by atoms with Crippen LogP contribution in [0.25, 0.3) is 11.1 Å². The van der Waals surface area contributed by atoms with Crippen LogP contribution in [0.2, 0.25) is 0 Å². The summed E-state index contributed by atoms with van der Waals surface area (Å²) in [5, 5.41) is 0. The molecule has 3 rings (SSSR count). The largest absolute Gasteiger partial charge is 0.289 e. The number of rotatable bonds is 0. The lowest BCUT2D eigenvalue weighted by Crippen LogP contribution is -2.11. The summed E-state index contributed by atoms with van der Waals surface area (Å²) in [6.45, 7) is 6.49. The van der Waals surface area contributed by atoms with E-state index in [0.29, 0.717) is 0 Å². The zero-order valence-electron chi connectivity index (χ0n) is 11.3. The van der Waals surface area contributed by atoms with Gasteiger partial charge in [0.25, 0.3) is 0 Å². The molecule has 0 heterocycles. The molecule has 2 aromatic rings. The minimum Gasteiger partial charge on any atom is -0.289 e. The van der Waals surface area contributed by atoms with Gasteiger partial charge in [0.2, 0.25) is 0 Å². The zero-order chi connectivity index (χ0) is 13.8. The Balaban J connectivity index is 2.22.